The Kier molecular flexibility index (Phi) is 65.0. The predicted octanol–water partition coefficient (Wildman–Crippen LogP) is 20.2. The molecule has 16 nitrogen and oxygen atoms in total. The van der Waals surface area contributed by atoms with Crippen LogP contribution in [0.25, 0.3) is 0 Å². The molecule has 0 aromatic heterocycles. The minimum atomic E-state index is -4.94. The maximum Gasteiger partial charge on any atom is 0.472 e. The van der Waals surface area contributed by atoms with Crippen molar-refractivity contribution in [2.24, 2.45) is 0 Å². The highest BCUT2D eigenvalue weighted by Gasteiger charge is 2.29. The molecule has 93 heavy (non-hydrogen) atoms. The van der Waals surface area contributed by atoms with Crippen molar-refractivity contribution in [3.05, 3.63) is 122 Å². The van der Waals surface area contributed by atoms with E-state index in [0.717, 1.165) is 154 Å². The predicted molar refractivity (Wildman–Crippen MR) is 380 cm³/mol. The second-order valence-corrected chi connectivity index (χ2v) is 26.6. The summed E-state index contributed by atoms with van der Waals surface area (Å²) < 4.78 is 60.9. The number of unbranched alkanes of at least 4 members (excludes halogenated alkanes) is 24. The topological polar surface area (TPSA) is 231 Å². The number of rotatable bonds is 67. The van der Waals surface area contributed by atoms with Gasteiger partial charge in [0.2, 0.25) is 0 Å². The third-order valence-corrected chi connectivity index (χ3v) is 16.5. The van der Waals surface area contributed by atoms with Gasteiger partial charge in [-0.25, -0.2) is 9.13 Å². The Morgan fingerprint density at radius 2 is 0.570 bits per heavy atom. The largest absolute Gasteiger partial charge is 0.472 e. The maximum atomic E-state index is 12.9. The Balaban J connectivity index is 4.71. The van der Waals surface area contributed by atoms with E-state index in [1.807, 2.05) is 0 Å². The molecule has 0 bridgehead atoms. The van der Waals surface area contributed by atoms with Crippen LogP contribution >= 0.6 is 15.6 Å². The Hall–Kier alpha value is -4.05. The first-order valence-corrected chi connectivity index (χ1v) is 38.8. The molecule has 5 unspecified atom stereocenters. The van der Waals surface area contributed by atoms with Crippen LogP contribution in [0.2, 0.25) is 0 Å². The minimum Gasteiger partial charge on any atom is -0.463 e. The average Bonchev–Trinajstić information content (AvgIpc) is 3.71. The van der Waals surface area contributed by atoms with E-state index < -0.39 is 91.5 Å². The lowest BCUT2D eigenvalue weighted by Crippen LogP contribution is -2.30. The smallest absolute Gasteiger partial charge is 0.463 e. The molecular weight excluding hydrogens is 1220 g/mol. The molecule has 0 fully saturated rings. The van der Waals surface area contributed by atoms with E-state index in [9.17, 15) is 43.5 Å². The number of carbonyl (C=O) groups is 3. The number of aliphatic hydroxyl groups is 2. The summed E-state index contributed by atoms with van der Waals surface area (Å²) in [5.74, 6) is -1.62. The van der Waals surface area contributed by atoms with Crippen LogP contribution in [-0.4, -0.2) is 95.9 Å². The van der Waals surface area contributed by atoms with Gasteiger partial charge in [0.15, 0.2) is 6.10 Å². The lowest BCUT2D eigenvalue weighted by Gasteiger charge is -2.21. The van der Waals surface area contributed by atoms with Crippen molar-refractivity contribution < 1.29 is 75.8 Å². The van der Waals surface area contributed by atoms with Crippen LogP contribution in [-0.2, 0) is 55.8 Å². The fourth-order valence-electron chi connectivity index (χ4n) is 9.16. The fraction of sp³-hybridized carbons (Fsp3) is 0.693. The monoisotopic (exact) mass is 1350 g/mol. The highest BCUT2D eigenvalue weighted by molar-refractivity contribution is 7.47. The molecule has 0 saturated carbocycles. The Morgan fingerprint density at radius 3 is 0.935 bits per heavy atom. The van der Waals surface area contributed by atoms with Crippen molar-refractivity contribution >= 4 is 33.6 Å². The first-order valence-electron chi connectivity index (χ1n) is 35.8. The highest BCUT2D eigenvalue weighted by Crippen LogP contribution is 2.45. The fourth-order valence-corrected chi connectivity index (χ4v) is 10.7. The third-order valence-electron chi connectivity index (χ3n) is 14.6. The van der Waals surface area contributed by atoms with Gasteiger partial charge in [0.1, 0.15) is 25.4 Å². The molecule has 534 valence electrons. The Bertz CT molecular complexity index is 2180. The summed E-state index contributed by atoms with van der Waals surface area (Å²) in [7, 11) is -9.80. The van der Waals surface area contributed by atoms with Crippen molar-refractivity contribution in [1.82, 2.24) is 0 Å². The lowest BCUT2D eigenvalue weighted by molar-refractivity contribution is -0.161. The van der Waals surface area contributed by atoms with Crippen LogP contribution in [0.1, 0.15) is 278 Å². The molecule has 0 heterocycles. The number of ether oxygens (including phenoxy) is 3. The molecular formula is C75H128O16P2. The number of hydrogen-bond acceptors (Lipinski definition) is 14. The van der Waals surface area contributed by atoms with Gasteiger partial charge in [-0.1, -0.05) is 245 Å². The number of allylic oxidation sites excluding steroid dienone is 20. The second kappa shape index (κ2) is 67.9. The summed E-state index contributed by atoms with van der Waals surface area (Å²) >= 11 is 0. The van der Waals surface area contributed by atoms with Crippen molar-refractivity contribution in [1.29, 1.82) is 0 Å². The number of esters is 3. The summed E-state index contributed by atoms with van der Waals surface area (Å²) in [4.78, 5) is 58.5. The number of phosphoric ester groups is 2. The number of phosphoric acid groups is 2. The first kappa shape index (κ1) is 89.0. The summed E-state index contributed by atoms with van der Waals surface area (Å²) in [6.07, 6.45) is 78.1. The zero-order valence-electron chi connectivity index (χ0n) is 57.9. The van der Waals surface area contributed by atoms with E-state index in [0.29, 0.717) is 19.3 Å². The summed E-state index contributed by atoms with van der Waals surface area (Å²) in [5.41, 5.74) is 0. The number of aliphatic hydroxyl groups excluding tert-OH is 2. The van der Waals surface area contributed by atoms with Crippen LogP contribution in [0.15, 0.2) is 122 Å². The van der Waals surface area contributed by atoms with Gasteiger partial charge < -0.3 is 34.2 Å². The quantitative estimate of drug-likeness (QED) is 0.0146. The van der Waals surface area contributed by atoms with Crippen molar-refractivity contribution in [3.63, 3.8) is 0 Å². The van der Waals surface area contributed by atoms with E-state index >= 15 is 0 Å². The third kappa shape index (κ3) is 69.1. The van der Waals surface area contributed by atoms with Crippen LogP contribution in [0.4, 0.5) is 0 Å². The normalized spacial score (nSPS) is 14.9. The van der Waals surface area contributed by atoms with E-state index in [1.165, 1.54) is 64.2 Å². The molecule has 0 rings (SSSR count). The van der Waals surface area contributed by atoms with Crippen LogP contribution < -0.4 is 0 Å². The van der Waals surface area contributed by atoms with Gasteiger partial charge in [0.25, 0.3) is 0 Å². The molecule has 0 aromatic rings. The molecule has 0 aliphatic carbocycles. The maximum absolute atomic E-state index is 12.9. The molecule has 5 atom stereocenters. The molecule has 18 heteroatoms. The van der Waals surface area contributed by atoms with Crippen LogP contribution in [0.5, 0.6) is 0 Å². The molecule has 0 radical (unpaired) electrons. The second-order valence-electron chi connectivity index (χ2n) is 23.6. The zero-order chi connectivity index (χ0) is 68.1. The van der Waals surface area contributed by atoms with Gasteiger partial charge in [-0.3, -0.25) is 32.5 Å². The van der Waals surface area contributed by atoms with E-state index in [2.05, 4.69) is 142 Å². The molecule has 0 spiro atoms. The molecule has 0 saturated heterocycles. The molecule has 0 aromatic carbocycles. The van der Waals surface area contributed by atoms with Gasteiger partial charge in [-0.05, 0) is 135 Å². The van der Waals surface area contributed by atoms with Crippen LogP contribution in [0, 0.1) is 0 Å². The number of hydrogen-bond donors (Lipinski definition) is 4. The highest BCUT2D eigenvalue weighted by atomic mass is 31.2. The van der Waals surface area contributed by atoms with Gasteiger partial charge in [0, 0.05) is 19.3 Å². The average molecular weight is 1350 g/mol. The SMILES string of the molecule is CC/C=C\C/C=C\C/C=C\C/C=C\C/C=C\CCCCCCCC(=O)OCC(O)COP(=O)(O)OCC(O)COP(=O)(O)OCC(COC(=O)CCCCCCC/C=C\C/C=C\C/C=C\C/C=C\CCCCC)OC(=O)CCCCCCC/C=C\CCCCCCCC. The lowest BCUT2D eigenvalue weighted by atomic mass is 10.1. The number of carbonyl (C=O) groups excluding carboxylic acids is 3. The van der Waals surface area contributed by atoms with Crippen molar-refractivity contribution in [2.75, 3.05) is 39.6 Å². The molecule has 0 aliphatic heterocycles. The van der Waals surface area contributed by atoms with Crippen LogP contribution in [0.3, 0.4) is 0 Å². The van der Waals surface area contributed by atoms with Gasteiger partial charge in [0.05, 0.1) is 26.4 Å². The van der Waals surface area contributed by atoms with Crippen molar-refractivity contribution in [2.45, 2.75) is 296 Å². The molecule has 0 amide bonds. The van der Waals surface area contributed by atoms with E-state index in [-0.39, 0.29) is 19.3 Å². The van der Waals surface area contributed by atoms with E-state index in [1.54, 1.807) is 0 Å². The molecule has 0 aliphatic rings. The van der Waals surface area contributed by atoms with E-state index in [4.69, 9.17) is 32.3 Å². The molecule has 4 N–H and O–H groups in total. The van der Waals surface area contributed by atoms with Gasteiger partial charge in [-0.2, -0.15) is 0 Å². The summed E-state index contributed by atoms with van der Waals surface area (Å²) in [5, 5.41) is 20.6. The summed E-state index contributed by atoms with van der Waals surface area (Å²) in [6.45, 7) is 2.47. The zero-order valence-corrected chi connectivity index (χ0v) is 59.7. The van der Waals surface area contributed by atoms with Crippen molar-refractivity contribution in [3.8, 4) is 0 Å². The van der Waals surface area contributed by atoms with Gasteiger partial charge in [-0.15, -0.1) is 0 Å². The summed E-state index contributed by atoms with van der Waals surface area (Å²) in [6, 6.07) is 0. The first-order chi connectivity index (χ1) is 45.2. The minimum absolute atomic E-state index is 0.0876. The Morgan fingerprint density at radius 1 is 0.312 bits per heavy atom. The van der Waals surface area contributed by atoms with Gasteiger partial charge >= 0.3 is 33.6 Å². The Labute approximate surface area is 563 Å². The standard InChI is InChI=1S/C75H128O16P2/c1-4-7-10-13-16-19-22-25-28-30-32-34-36-38-41-43-46-49-52-55-58-61-73(78)85-64-70(76)65-87-92(81,82)88-66-71(77)67-89-93(83,84)90-69-72(91-75(80)63-60-57-54-51-48-45-40-27-24-21-18-15-12-9-6-3)68-86-74(79)62-59-56-53-50-47-44-42-39-37-35-33-31-29-26-23-20-17-14-11-8-5-2/h7,10,16-17,19-20,25-29,32-35,38-42,70-72,76-77H,4-6,8-9,11-15,18,21-24,30-31,36-37,43-69H2,1-3H3,(H,81,82)(H,83,84)/b10-7-,19-16-,20-17-,28-25-,29-26-,34-32-,35-33-,40-27-,41-38-,42-39-.